The number of carbonyl (C=O) groups excluding carboxylic acids is 1. The number of halogens is 1. The number of nitrogens with one attached hydrogen (secondary N) is 1. The Kier molecular flexibility index (Phi) is 4.79. The number of rotatable bonds is 4. The summed E-state index contributed by atoms with van der Waals surface area (Å²) in [5.74, 6) is 0.150. The van der Waals surface area contributed by atoms with Crippen LogP contribution in [0.5, 0.6) is 0 Å². The van der Waals surface area contributed by atoms with Gasteiger partial charge < -0.3 is 14.5 Å². The molecule has 1 N–H and O–H groups in total. The maximum atomic E-state index is 11.8. The van der Waals surface area contributed by atoms with Crippen LogP contribution in [0.3, 0.4) is 0 Å². The van der Waals surface area contributed by atoms with Crippen molar-refractivity contribution in [3.8, 4) is 0 Å². The number of hydrogen-bond acceptors (Lipinski definition) is 4. The number of amides is 1. The Balaban J connectivity index is 1.78. The van der Waals surface area contributed by atoms with Crippen molar-refractivity contribution in [2.24, 2.45) is 0 Å². The molecule has 1 amide bonds. The summed E-state index contributed by atoms with van der Waals surface area (Å²) in [5, 5.41) is 2.87. The molecular formula is C12H17BrN2O3. The van der Waals surface area contributed by atoms with Crippen LogP contribution < -0.4 is 5.32 Å². The van der Waals surface area contributed by atoms with E-state index in [0.29, 0.717) is 23.0 Å². The molecule has 1 aromatic rings. The molecule has 1 aromatic heterocycles. The Morgan fingerprint density at radius 1 is 1.50 bits per heavy atom. The lowest BCUT2D eigenvalue weighted by Crippen LogP contribution is -2.47. The lowest BCUT2D eigenvalue weighted by Gasteiger charge is -2.32. The van der Waals surface area contributed by atoms with E-state index in [2.05, 4.69) is 33.1 Å². The fraction of sp³-hybridized carbons (Fsp3) is 0.583. The minimum Gasteiger partial charge on any atom is -0.444 e. The maximum Gasteiger partial charge on any atom is 0.287 e. The molecule has 0 radical (unpaired) electrons. The highest BCUT2D eigenvalue weighted by Gasteiger charge is 2.18. The fourth-order valence-corrected chi connectivity index (χ4v) is 2.22. The molecule has 2 heterocycles. The van der Waals surface area contributed by atoms with Gasteiger partial charge in [-0.2, -0.15) is 0 Å². The molecule has 1 atom stereocenters. The summed E-state index contributed by atoms with van der Waals surface area (Å²) in [6.45, 7) is 6.08. The first-order valence-electron chi connectivity index (χ1n) is 6.02. The number of nitrogens with zero attached hydrogens (tertiary/aromatic N) is 1. The summed E-state index contributed by atoms with van der Waals surface area (Å²) >= 11 is 3.17. The van der Waals surface area contributed by atoms with Crippen LogP contribution in [0.2, 0.25) is 0 Å². The van der Waals surface area contributed by atoms with Crippen molar-refractivity contribution >= 4 is 21.8 Å². The molecule has 1 aliphatic rings. The summed E-state index contributed by atoms with van der Waals surface area (Å²) in [5.41, 5.74) is 0. The van der Waals surface area contributed by atoms with Gasteiger partial charge in [-0.1, -0.05) is 0 Å². The number of carbonyl (C=O) groups is 1. The third kappa shape index (κ3) is 3.57. The zero-order valence-corrected chi connectivity index (χ0v) is 11.9. The van der Waals surface area contributed by atoms with E-state index < -0.39 is 0 Å². The van der Waals surface area contributed by atoms with Gasteiger partial charge in [-0.25, -0.2) is 0 Å². The first kappa shape index (κ1) is 13.6. The van der Waals surface area contributed by atoms with E-state index in [1.807, 2.05) is 0 Å². The number of ether oxygens (including phenoxy) is 1. The minimum absolute atomic E-state index is 0.180. The van der Waals surface area contributed by atoms with Gasteiger partial charge in [0.25, 0.3) is 5.91 Å². The Hall–Kier alpha value is -0.850. The summed E-state index contributed by atoms with van der Waals surface area (Å²) in [6.07, 6.45) is 0. The van der Waals surface area contributed by atoms with Gasteiger partial charge in [0.1, 0.15) is 0 Å². The number of morpholine rings is 1. The van der Waals surface area contributed by atoms with Crippen LogP contribution in [0.25, 0.3) is 0 Å². The van der Waals surface area contributed by atoms with Crippen molar-refractivity contribution in [1.29, 1.82) is 0 Å². The second-order valence-corrected chi connectivity index (χ2v) is 5.09. The molecule has 1 fully saturated rings. The zero-order chi connectivity index (χ0) is 13.0. The minimum atomic E-state index is -0.180. The van der Waals surface area contributed by atoms with Gasteiger partial charge >= 0.3 is 0 Å². The van der Waals surface area contributed by atoms with E-state index in [1.165, 1.54) is 0 Å². The summed E-state index contributed by atoms with van der Waals surface area (Å²) in [4.78, 5) is 14.1. The quantitative estimate of drug-likeness (QED) is 0.914. The molecule has 6 heteroatoms. The number of hydrogen-bond donors (Lipinski definition) is 1. The van der Waals surface area contributed by atoms with Crippen molar-refractivity contribution in [2.75, 3.05) is 32.8 Å². The average Bonchev–Trinajstić information content (AvgIpc) is 2.83. The maximum absolute atomic E-state index is 11.8. The predicted molar refractivity (Wildman–Crippen MR) is 70.6 cm³/mol. The molecule has 0 saturated carbocycles. The lowest BCUT2D eigenvalue weighted by atomic mass is 10.2. The van der Waals surface area contributed by atoms with Gasteiger partial charge in [0.15, 0.2) is 10.4 Å². The molecule has 0 spiro atoms. The highest BCUT2D eigenvalue weighted by atomic mass is 79.9. The van der Waals surface area contributed by atoms with Crippen molar-refractivity contribution in [1.82, 2.24) is 10.2 Å². The Morgan fingerprint density at radius 3 is 2.83 bits per heavy atom. The molecule has 0 aliphatic carbocycles. The first-order valence-corrected chi connectivity index (χ1v) is 6.81. The predicted octanol–water partition coefficient (Wildman–Crippen LogP) is 1.49. The van der Waals surface area contributed by atoms with Crippen molar-refractivity contribution in [3.05, 3.63) is 22.6 Å². The van der Waals surface area contributed by atoms with Crippen molar-refractivity contribution in [3.63, 3.8) is 0 Å². The molecule has 100 valence electrons. The molecule has 0 bridgehead atoms. The molecule has 0 aromatic carbocycles. The van der Waals surface area contributed by atoms with E-state index in [1.54, 1.807) is 12.1 Å². The van der Waals surface area contributed by atoms with Gasteiger partial charge in [0, 0.05) is 25.7 Å². The van der Waals surface area contributed by atoms with E-state index in [4.69, 9.17) is 9.15 Å². The van der Waals surface area contributed by atoms with Crippen LogP contribution in [0.1, 0.15) is 17.5 Å². The van der Waals surface area contributed by atoms with Crippen LogP contribution in [0.4, 0.5) is 0 Å². The summed E-state index contributed by atoms with van der Waals surface area (Å²) in [7, 11) is 0. The molecule has 18 heavy (non-hydrogen) atoms. The molecule has 5 nitrogen and oxygen atoms in total. The van der Waals surface area contributed by atoms with E-state index in [9.17, 15) is 4.79 Å². The largest absolute Gasteiger partial charge is 0.444 e. The smallest absolute Gasteiger partial charge is 0.287 e. The van der Waals surface area contributed by atoms with Crippen molar-refractivity contribution < 1.29 is 13.9 Å². The second-order valence-electron chi connectivity index (χ2n) is 4.31. The van der Waals surface area contributed by atoms with Crippen LogP contribution in [0.15, 0.2) is 21.2 Å². The highest BCUT2D eigenvalue weighted by Crippen LogP contribution is 2.13. The van der Waals surface area contributed by atoms with Crippen LogP contribution in [0, 0.1) is 0 Å². The van der Waals surface area contributed by atoms with E-state index in [0.717, 1.165) is 26.3 Å². The topological polar surface area (TPSA) is 54.7 Å². The van der Waals surface area contributed by atoms with Gasteiger partial charge in [0.05, 0.1) is 13.2 Å². The molecule has 1 aliphatic heterocycles. The molecule has 1 saturated heterocycles. The second kappa shape index (κ2) is 6.36. The third-order valence-electron chi connectivity index (χ3n) is 3.02. The Morgan fingerprint density at radius 2 is 2.22 bits per heavy atom. The SMILES string of the molecule is C[C@H](CNC(=O)c1ccc(Br)o1)N1CCOCC1. The normalized spacial score (nSPS) is 18.6. The van der Waals surface area contributed by atoms with Gasteiger partial charge in [-0.3, -0.25) is 9.69 Å². The van der Waals surface area contributed by atoms with Crippen molar-refractivity contribution in [2.45, 2.75) is 13.0 Å². The van der Waals surface area contributed by atoms with Crippen LogP contribution >= 0.6 is 15.9 Å². The Labute approximate surface area is 115 Å². The van der Waals surface area contributed by atoms with Crippen LogP contribution in [-0.2, 0) is 4.74 Å². The van der Waals surface area contributed by atoms with E-state index >= 15 is 0 Å². The highest BCUT2D eigenvalue weighted by molar-refractivity contribution is 9.10. The van der Waals surface area contributed by atoms with Crippen LogP contribution in [-0.4, -0.2) is 49.7 Å². The Bertz CT molecular complexity index is 402. The standard InChI is InChI=1S/C12H17BrN2O3/c1-9(15-4-6-17-7-5-15)8-14-12(16)10-2-3-11(13)18-10/h2-3,9H,4-8H2,1H3,(H,14,16)/t9-/m1/s1. The third-order valence-corrected chi connectivity index (χ3v) is 3.45. The molecule has 0 unspecified atom stereocenters. The monoisotopic (exact) mass is 316 g/mol. The zero-order valence-electron chi connectivity index (χ0n) is 10.3. The lowest BCUT2D eigenvalue weighted by molar-refractivity contribution is 0.0203. The summed E-state index contributed by atoms with van der Waals surface area (Å²) in [6, 6.07) is 3.66. The van der Waals surface area contributed by atoms with E-state index in [-0.39, 0.29) is 5.91 Å². The first-order chi connectivity index (χ1) is 8.66. The fourth-order valence-electron chi connectivity index (χ4n) is 1.91. The average molecular weight is 317 g/mol. The van der Waals surface area contributed by atoms with Gasteiger partial charge in [-0.15, -0.1) is 0 Å². The van der Waals surface area contributed by atoms with Gasteiger partial charge in [0.2, 0.25) is 0 Å². The number of furan rings is 1. The summed E-state index contributed by atoms with van der Waals surface area (Å²) < 4.78 is 11.1. The van der Waals surface area contributed by atoms with Gasteiger partial charge in [-0.05, 0) is 35.0 Å². The molecule has 2 rings (SSSR count). The molecular weight excluding hydrogens is 300 g/mol.